The first kappa shape index (κ1) is 22.8. The molecule has 2 amide bonds. The fourth-order valence-electron chi connectivity index (χ4n) is 3.37. The Balaban J connectivity index is 2.26. The molecule has 1 unspecified atom stereocenters. The van der Waals surface area contributed by atoms with E-state index in [0.717, 1.165) is 4.90 Å². The molecule has 1 heterocycles. The molecule has 1 saturated heterocycles. The minimum atomic E-state index is -4.51. The summed E-state index contributed by atoms with van der Waals surface area (Å²) in [4.78, 5) is 27.7. The fourth-order valence-corrected chi connectivity index (χ4v) is 3.37. The Morgan fingerprint density at radius 2 is 1.83 bits per heavy atom. The van der Waals surface area contributed by atoms with Gasteiger partial charge in [0, 0.05) is 25.6 Å². The van der Waals surface area contributed by atoms with E-state index in [1.807, 2.05) is 0 Å². The first-order chi connectivity index (χ1) is 13.3. The van der Waals surface area contributed by atoms with Crippen molar-refractivity contribution in [2.24, 2.45) is 11.3 Å². The van der Waals surface area contributed by atoms with Gasteiger partial charge in [0.15, 0.2) is 0 Å². The van der Waals surface area contributed by atoms with Crippen LogP contribution in [0.5, 0.6) is 11.5 Å². The highest BCUT2D eigenvalue weighted by atomic mass is 19.4. The molecular weight excluding hydrogens is 389 g/mol. The van der Waals surface area contributed by atoms with E-state index in [0.29, 0.717) is 17.2 Å². The molecule has 1 fully saturated rings. The second kappa shape index (κ2) is 8.51. The fraction of sp³-hybridized carbons (Fsp3) is 0.600. The normalized spacial score (nSPS) is 17.4. The van der Waals surface area contributed by atoms with Crippen molar-refractivity contribution in [3.63, 3.8) is 0 Å². The van der Waals surface area contributed by atoms with Crippen LogP contribution < -0.4 is 14.4 Å². The summed E-state index contributed by atoms with van der Waals surface area (Å²) in [6.45, 7) is 3.87. The van der Waals surface area contributed by atoms with Crippen LogP contribution in [0, 0.1) is 11.3 Å². The third-order valence-electron chi connectivity index (χ3n) is 4.50. The van der Waals surface area contributed by atoms with E-state index in [4.69, 9.17) is 9.47 Å². The van der Waals surface area contributed by atoms with Crippen LogP contribution in [0.25, 0.3) is 0 Å². The van der Waals surface area contributed by atoms with E-state index >= 15 is 0 Å². The minimum absolute atomic E-state index is 0.0142. The summed E-state index contributed by atoms with van der Waals surface area (Å²) >= 11 is 0. The third kappa shape index (κ3) is 6.01. The van der Waals surface area contributed by atoms with Crippen molar-refractivity contribution in [2.75, 3.05) is 38.8 Å². The third-order valence-corrected chi connectivity index (χ3v) is 4.50. The predicted molar refractivity (Wildman–Crippen MR) is 102 cm³/mol. The van der Waals surface area contributed by atoms with Crippen molar-refractivity contribution in [1.29, 1.82) is 0 Å². The Morgan fingerprint density at radius 3 is 2.34 bits per heavy atom. The second-order valence-electron chi connectivity index (χ2n) is 8.31. The molecule has 0 aliphatic carbocycles. The molecule has 0 bridgehead atoms. The Bertz CT molecular complexity index is 743. The van der Waals surface area contributed by atoms with Crippen LogP contribution in [0.2, 0.25) is 0 Å². The number of carbonyl (C=O) groups is 2. The van der Waals surface area contributed by atoms with Crippen molar-refractivity contribution in [1.82, 2.24) is 4.90 Å². The Kier molecular flexibility index (Phi) is 6.70. The number of alkyl halides is 3. The molecule has 0 N–H and O–H groups in total. The lowest BCUT2D eigenvalue weighted by Crippen LogP contribution is -2.46. The Morgan fingerprint density at radius 1 is 1.17 bits per heavy atom. The van der Waals surface area contributed by atoms with E-state index < -0.39 is 30.0 Å². The maximum absolute atomic E-state index is 13.0. The van der Waals surface area contributed by atoms with Gasteiger partial charge in [-0.25, -0.2) is 0 Å². The van der Waals surface area contributed by atoms with Gasteiger partial charge in [0.05, 0.1) is 25.8 Å². The van der Waals surface area contributed by atoms with Crippen molar-refractivity contribution >= 4 is 17.5 Å². The SMILES string of the molecule is COc1ccc(OC)c(N2CC(C(=O)N(CC(C)(C)C)CC(F)(F)F)CC2=O)c1. The molecule has 2 rings (SSSR count). The molecule has 1 aliphatic rings. The first-order valence-corrected chi connectivity index (χ1v) is 9.22. The molecule has 6 nitrogen and oxygen atoms in total. The highest BCUT2D eigenvalue weighted by Crippen LogP contribution is 2.36. The summed E-state index contributed by atoms with van der Waals surface area (Å²) in [7, 11) is 2.92. The number of hydrogen-bond donors (Lipinski definition) is 0. The van der Waals surface area contributed by atoms with Crippen molar-refractivity contribution in [2.45, 2.75) is 33.4 Å². The van der Waals surface area contributed by atoms with E-state index in [1.165, 1.54) is 19.1 Å². The van der Waals surface area contributed by atoms with Gasteiger partial charge in [0.2, 0.25) is 11.8 Å². The van der Waals surface area contributed by atoms with Crippen LogP contribution in [0.4, 0.5) is 18.9 Å². The first-order valence-electron chi connectivity index (χ1n) is 9.22. The molecule has 0 saturated carbocycles. The van der Waals surface area contributed by atoms with Gasteiger partial charge >= 0.3 is 6.18 Å². The molecule has 1 aromatic rings. The van der Waals surface area contributed by atoms with Crippen LogP contribution >= 0.6 is 0 Å². The van der Waals surface area contributed by atoms with Crippen LogP contribution in [0.15, 0.2) is 18.2 Å². The summed E-state index contributed by atoms with van der Waals surface area (Å²) in [6, 6.07) is 4.90. The van der Waals surface area contributed by atoms with Crippen molar-refractivity contribution in [3.05, 3.63) is 18.2 Å². The molecule has 1 atom stereocenters. The zero-order chi connectivity index (χ0) is 22.0. The van der Waals surface area contributed by atoms with Gasteiger partial charge in [-0.2, -0.15) is 13.2 Å². The molecular formula is C20H27F3N2O4. The summed E-state index contributed by atoms with van der Waals surface area (Å²) < 4.78 is 49.5. The molecule has 1 aromatic carbocycles. The molecule has 0 spiro atoms. The van der Waals surface area contributed by atoms with E-state index in [9.17, 15) is 22.8 Å². The summed E-state index contributed by atoms with van der Waals surface area (Å²) in [6.07, 6.45) is -4.67. The van der Waals surface area contributed by atoms with Crippen molar-refractivity contribution in [3.8, 4) is 11.5 Å². The number of benzene rings is 1. The number of methoxy groups -OCH3 is 2. The lowest BCUT2D eigenvalue weighted by atomic mass is 9.95. The van der Waals surface area contributed by atoms with Gasteiger partial charge in [0.1, 0.15) is 18.0 Å². The zero-order valence-electron chi connectivity index (χ0n) is 17.3. The van der Waals surface area contributed by atoms with Gasteiger partial charge in [-0.3, -0.25) is 9.59 Å². The molecule has 9 heteroatoms. The number of rotatable bonds is 6. The van der Waals surface area contributed by atoms with Gasteiger partial charge in [0.25, 0.3) is 0 Å². The van der Waals surface area contributed by atoms with Gasteiger partial charge in [-0.15, -0.1) is 0 Å². The maximum atomic E-state index is 13.0. The average molecular weight is 416 g/mol. The molecule has 162 valence electrons. The van der Waals surface area contributed by atoms with Crippen molar-refractivity contribution < 1.29 is 32.2 Å². The highest BCUT2D eigenvalue weighted by molar-refractivity contribution is 6.01. The molecule has 1 aliphatic heterocycles. The topological polar surface area (TPSA) is 59.1 Å². The predicted octanol–water partition coefficient (Wildman–Crippen LogP) is 3.49. The van der Waals surface area contributed by atoms with Crippen LogP contribution in [-0.2, 0) is 9.59 Å². The Hall–Kier alpha value is -2.45. The molecule has 0 radical (unpaired) electrons. The molecule has 29 heavy (non-hydrogen) atoms. The van der Waals surface area contributed by atoms with Crippen LogP contribution in [-0.4, -0.2) is 56.7 Å². The van der Waals surface area contributed by atoms with Crippen LogP contribution in [0.1, 0.15) is 27.2 Å². The number of anilines is 1. The van der Waals surface area contributed by atoms with Gasteiger partial charge in [-0.05, 0) is 17.5 Å². The maximum Gasteiger partial charge on any atom is 0.406 e. The highest BCUT2D eigenvalue weighted by Gasteiger charge is 2.42. The summed E-state index contributed by atoms with van der Waals surface area (Å²) in [5.41, 5.74) is -0.0930. The van der Waals surface area contributed by atoms with Gasteiger partial charge in [-0.1, -0.05) is 20.8 Å². The standard InChI is InChI=1S/C20H27F3N2O4/c1-19(2,3)11-24(12-20(21,22)23)18(27)13-8-17(26)25(10-13)15-9-14(28-4)6-7-16(15)29-5/h6-7,9,13H,8,10-12H2,1-5H3. The Labute approximate surface area is 168 Å². The zero-order valence-corrected chi connectivity index (χ0v) is 17.3. The van der Waals surface area contributed by atoms with E-state index in [1.54, 1.807) is 39.0 Å². The number of amides is 2. The average Bonchev–Trinajstić information content (AvgIpc) is 2.99. The number of hydrogen-bond acceptors (Lipinski definition) is 4. The number of halogens is 3. The molecule has 0 aromatic heterocycles. The quantitative estimate of drug-likeness (QED) is 0.712. The van der Waals surface area contributed by atoms with Gasteiger partial charge < -0.3 is 19.3 Å². The largest absolute Gasteiger partial charge is 0.497 e. The van der Waals surface area contributed by atoms with Crippen LogP contribution in [0.3, 0.4) is 0 Å². The summed E-state index contributed by atoms with van der Waals surface area (Å²) in [5.74, 6) is -0.973. The van der Waals surface area contributed by atoms with E-state index in [2.05, 4.69) is 0 Å². The lowest BCUT2D eigenvalue weighted by molar-refractivity contribution is -0.165. The minimum Gasteiger partial charge on any atom is -0.497 e. The smallest absolute Gasteiger partial charge is 0.406 e. The lowest BCUT2D eigenvalue weighted by Gasteiger charge is -2.32. The summed E-state index contributed by atoms with van der Waals surface area (Å²) in [5, 5.41) is 0. The monoisotopic (exact) mass is 416 g/mol. The number of ether oxygens (including phenoxy) is 2. The second-order valence-corrected chi connectivity index (χ2v) is 8.31. The van der Waals surface area contributed by atoms with E-state index in [-0.39, 0.29) is 25.4 Å². The number of nitrogens with zero attached hydrogens (tertiary/aromatic N) is 2. The number of carbonyl (C=O) groups excluding carboxylic acids is 2.